The molecule has 144 valence electrons. The fourth-order valence-electron chi connectivity index (χ4n) is 3.16. The highest BCUT2D eigenvalue weighted by atomic mass is 16.5. The Hall–Kier alpha value is -2.28. The Morgan fingerprint density at radius 1 is 1.19 bits per heavy atom. The van der Waals surface area contributed by atoms with E-state index in [1.807, 2.05) is 13.8 Å². The van der Waals surface area contributed by atoms with E-state index in [9.17, 15) is 14.7 Å². The van der Waals surface area contributed by atoms with Crippen LogP contribution in [0.4, 0.5) is 5.69 Å². The fraction of sp³-hybridized carbons (Fsp3) is 0.579. The molecule has 1 aliphatic rings. The molecule has 7 heteroatoms. The number of nitrogens with one attached hydrogen (secondary N) is 1. The van der Waals surface area contributed by atoms with Gasteiger partial charge in [0.2, 0.25) is 0 Å². The van der Waals surface area contributed by atoms with Crippen molar-refractivity contribution in [2.75, 3.05) is 31.7 Å². The molecule has 1 aromatic carbocycles. The predicted octanol–water partition coefficient (Wildman–Crippen LogP) is 2.19. The molecule has 1 saturated heterocycles. The molecule has 26 heavy (non-hydrogen) atoms. The molecule has 0 radical (unpaired) electrons. The third kappa shape index (κ3) is 5.11. The van der Waals surface area contributed by atoms with E-state index >= 15 is 0 Å². The van der Waals surface area contributed by atoms with Gasteiger partial charge < -0.3 is 24.8 Å². The largest absolute Gasteiger partial charge is 0.490 e. The molecule has 1 unspecified atom stereocenters. The van der Waals surface area contributed by atoms with Crippen LogP contribution in [0.25, 0.3) is 0 Å². The molecule has 1 atom stereocenters. The summed E-state index contributed by atoms with van der Waals surface area (Å²) in [6, 6.07) is 4.97. The Morgan fingerprint density at radius 3 is 2.62 bits per heavy atom. The van der Waals surface area contributed by atoms with Gasteiger partial charge in [-0.3, -0.25) is 9.59 Å². The third-order valence-corrected chi connectivity index (χ3v) is 4.35. The van der Waals surface area contributed by atoms with Crippen LogP contribution in [0.15, 0.2) is 18.2 Å². The van der Waals surface area contributed by atoms with E-state index in [0.717, 1.165) is 19.3 Å². The molecule has 1 heterocycles. The molecule has 0 aromatic heterocycles. The number of aliphatic hydroxyl groups is 1. The second-order valence-electron chi connectivity index (χ2n) is 6.14. The number of piperidine rings is 1. The van der Waals surface area contributed by atoms with E-state index in [1.54, 1.807) is 23.1 Å². The third-order valence-electron chi connectivity index (χ3n) is 4.35. The van der Waals surface area contributed by atoms with Crippen LogP contribution in [0.3, 0.4) is 0 Å². The summed E-state index contributed by atoms with van der Waals surface area (Å²) < 4.78 is 11.0. The van der Waals surface area contributed by atoms with Gasteiger partial charge in [0.25, 0.3) is 0 Å². The second kappa shape index (κ2) is 10.0. The van der Waals surface area contributed by atoms with E-state index in [2.05, 4.69) is 5.32 Å². The number of benzene rings is 1. The van der Waals surface area contributed by atoms with E-state index < -0.39 is 11.8 Å². The number of likely N-dealkylation sites (tertiary alicyclic amines) is 1. The van der Waals surface area contributed by atoms with Gasteiger partial charge in [0.1, 0.15) is 0 Å². The van der Waals surface area contributed by atoms with Crippen molar-refractivity contribution in [2.24, 2.45) is 0 Å². The summed E-state index contributed by atoms with van der Waals surface area (Å²) in [5.74, 6) is -0.120. The molecule has 0 bridgehead atoms. The van der Waals surface area contributed by atoms with Crippen molar-refractivity contribution < 1.29 is 24.2 Å². The zero-order valence-electron chi connectivity index (χ0n) is 15.5. The number of carbonyl (C=O) groups excluding carboxylic acids is 2. The normalized spacial score (nSPS) is 16.9. The van der Waals surface area contributed by atoms with Gasteiger partial charge in [-0.25, -0.2) is 0 Å². The molecule has 1 aliphatic heterocycles. The van der Waals surface area contributed by atoms with Crippen molar-refractivity contribution in [3.8, 4) is 11.5 Å². The van der Waals surface area contributed by atoms with E-state index in [1.165, 1.54) is 0 Å². The number of carbonyl (C=O) groups is 2. The lowest BCUT2D eigenvalue weighted by Crippen LogP contribution is -2.48. The van der Waals surface area contributed by atoms with E-state index in [0.29, 0.717) is 43.4 Å². The number of hydrogen-bond acceptors (Lipinski definition) is 5. The van der Waals surface area contributed by atoms with E-state index in [-0.39, 0.29) is 12.6 Å². The Balaban J connectivity index is 2.08. The smallest absolute Gasteiger partial charge is 0.313 e. The van der Waals surface area contributed by atoms with Crippen LogP contribution in [-0.2, 0) is 9.59 Å². The summed E-state index contributed by atoms with van der Waals surface area (Å²) in [5, 5.41) is 11.8. The molecule has 0 spiro atoms. The lowest BCUT2D eigenvalue weighted by molar-refractivity contribution is -0.146. The number of amides is 2. The topological polar surface area (TPSA) is 88.1 Å². The first-order chi connectivity index (χ1) is 12.6. The van der Waals surface area contributed by atoms with Crippen LogP contribution >= 0.6 is 0 Å². The molecule has 0 aliphatic carbocycles. The minimum atomic E-state index is -0.679. The SMILES string of the molecule is CCOc1ccc(NC(=O)C(=O)N2CCCCC2CCO)cc1OCC. The maximum atomic E-state index is 12.5. The number of ether oxygens (including phenoxy) is 2. The van der Waals surface area contributed by atoms with Gasteiger partial charge in [0.05, 0.1) is 13.2 Å². The van der Waals surface area contributed by atoms with Crippen molar-refractivity contribution in [1.29, 1.82) is 0 Å². The zero-order valence-corrected chi connectivity index (χ0v) is 15.5. The van der Waals surface area contributed by atoms with Crippen LogP contribution in [0, 0.1) is 0 Å². The summed E-state index contributed by atoms with van der Waals surface area (Å²) in [7, 11) is 0. The molecule has 7 nitrogen and oxygen atoms in total. The summed E-state index contributed by atoms with van der Waals surface area (Å²) >= 11 is 0. The van der Waals surface area contributed by atoms with Crippen LogP contribution < -0.4 is 14.8 Å². The molecular weight excluding hydrogens is 336 g/mol. The number of aliphatic hydroxyl groups excluding tert-OH is 1. The predicted molar refractivity (Wildman–Crippen MR) is 98.5 cm³/mol. The molecule has 2 amide bonds. The first-order valence-electron chi connectivity index (χ1n) is 9.23. The minimum Gasteiger partial charge on any atom is -0.490 e. The van der Waals surface area contributed by atoms with Crippen molar-refractivity contribution in [1.82, 2.24) is 4.90 Å². The summed E-state index contributed by atoms with van der Waals surface area (Å²) in [6.45, 7) is 5.27. The van der Waals surface area contributed by atoms with Gasteiger partial charge in [-0.05, 0) is 51.7 Å². The quantitative estimate of drug-likeness (QED) is 0.724. The van der Waals surface area contributed by atoms with Crippen molar-refractivity contribution in [3.05, 3.63) is 18.2 Å². The molecule has 2 rings (SSSR count). The van der Waals surface area contributed by atoms with Crippen molar-refractivity contribution >= 4 is 17.5 Å². The molecule has 1 aromatic rings. The Bertz CT molecular complexity index is 618. The van der Waals surface area contributed by atoms with Crippen molar-refractivity contribution in [2.45, 2.75) is 45.6 Å². The lowest BCUT2D eigenvalue weighted by atomic mass is 9.99. The van der Waals surface area contributed by atoms with Crippen molar-refractivity contribution in [3.63, 3.8) is 0 Å². The first kappa shape index (κ1) is 20.0. The maximum absolute atomic E-state index is 12.5. The average Bonchev–Trinajstić information content (AvgIpc) is 2.64. The van der Waals surface area contributed by atoms with Gasteiger partial charge in [-0.2, -0.15) is 0 Å². The zero-order chi connectivity index (χ0) is 18.9. The number of rotatable bonds is 7. The van der Waals surface area contributed by atoms with Crippen LogP contribution in [-0.4, -0.2) is 54.2 Å². The van der Waals surface area contributed by atoms with Gasteiger partial charge in [0, 0.05) is 30.9 Å². The fourth-order valence-corrected chi connectivity index (χ4v) is 3.16. The Morgan fingerprint density at radius 2 is 1.92 bits per heavy atom. The monoisotopic (exact) mass is 364 g/mol. The number of nitrogens with zero attached hydrogens (tertiary/aromatic N) is 1. The standard InChI is InChI=1S/C19H28N2O5/c1-3-25-16-9-8-14(13-17(16)26-4-2)20-18(23)19(24)21-11-6-5-7-15(21)10-12-22/h8-9,13,15,22H,3-7,10-12H2,1-2H3,(H,20,23). The highest BCUT2D eigenvalue weighted by Crippen LogP contribution is 2.30. The van der Waals surface area contributed by atoms with Crippen LogP contribution in [0.2, 0.25) is 0 Å². The van der Waals surface area contributed by atoms with Gasteiger partial charge >= 0.3 is 11.8 Å². The van der Waals surface area contributed by atoms with Crippen LogP contribution in [0.1, 0.15) is 39.5 Å². The molecule has 1 fully saturated rings. The minimum absolute atomic E-state index is 0.00662. The highest BCUT2D eigenvalue weighted by molar-refractivity contribution is 6.39. The highest BCUT2D eigenvalue weighted by Gasteiger charge is 2.30. The Kier molecular flexibility index (Phi) is 7.72. The van der Waals surface area contributed by atoms with Gasteiger partial charge in [-0.1, -0.05) is 0 Å². The summed E-state index contributed by atoms with van der Waals surface area (Å²) in [6.07, 6.45) is 3.19. The Labute approximate surface area is 154 Å². The number of anilines is 1. The summed E-state index contributed by atoms with van der Waals surface area (Å²) in [4.78, 5) is 26.5. The van der Waals surface area contributed by atoms with Gasteiger partial charge in [-0.15, -0.1) is 0 Å². The second-order valence-corrected chi connectivity index (χ2v) is 6.14. The molecule has 0 saturated carbocycles. The van der Waals surface area contributed by atoms with Crippen LogP contribution in [0.5, 0.6) is 11.5 Å². The molecular formula is C19H28N2O5. The van der Waals surface area contributed by atoms with E-state index in [4.69, 9.17) is 9.47 Å². The molecule has 2 N–H and O–H groups in total. The van der Waals surface area contributed by atoms with Gasteiger partial charge in [0.15, 0.2) is 11.5 Å². The number of hydrogen-bond donors (Lipinski definition) is 2. The maximum Gasteiger partial charge on any atom is 0.313 e. The average molecular weight is 364 g/mol. The summed E-state index contributed by atoms with van der Waals surface area (Å²) in [5.41, 5.74) is 0.478. The lowest BCUT2D eigenvalue weighted by Gasteiger charge is -2.35. The first-order valence-corrected chi connectivity index (χ1v) is 9.23.